The predicted molar refractivity (Wildman–Crippen MR) is 77.9 cm³/mol. The minimum Gasteiger partial charge on any atom is -0.384 e. The second-order valence-corrected chi connectivity index (χ2v) is 5.03. The van der Waals surface area contributed by atoms with E-state index in [9.17, 15) is 0 Å². The number of nitrogen functional groups attached to an aromatic ring is 1. The van der Waals surface area contributed by atoms with Crippen LogP contribution in [0.3, 0.4) is 0 Å². The molecule has 0 aliphatic rings. The van der Waals surface area contributed by atoms with Gasteiger partial charge in [-0.05, 0) is 38.5 Å². The van der Waals surface area contributed by atoms with Crippen LogP contribution in [0.2, 0.25) is 0 Å². The van der Waals surface area contributed by atoms with Gasteiger partial charge in [0.25, 0.3) is 0 Å². The number of hydrogen-bond acceptors (Lipinski definition) is 2. The molecule has 1 atom stereocenters. The number of anilines is 1. The minimum absolute atomic E-state index is 0.114. The molecule has 0 aromatic heterocycles. The van der Waals surface area contributed by atoms with E-state index in [0.717, 1.165) is 28.7 Å². The molecule has 0 radical (unpaired) electrons. The molecule has 1 aromatic rings. The van der Waals surface area contributed by atoms with Crippen molar-refractivity contribution >= 4 is 27.5 Å². The summed E-state index contributed by atoms with van der Waals surface area (Å²) in [5.74, 6) is 0.114. The zero-order valence-electron chi connectivity index (χ0n) is 10.6. The fourth-order valence-electron chi connectivity index (χ4n) is 1.91. The molecule has 3 N–H and O–H groups in total. The van der Waals surface area contributed by atoms with Crippen LogP contribution in [0.25, 0.3) is 0 Å². The molecule has 1 unspecified atom stereocenters. The van der Waals surface area contributed by atoms with Crippen LogP contribution in [-0.2, 0) is 0 Å². The lowest BCUT2D eigenvalue weighted by Gasteiger charge is -2.31. The van der Waals surface area contributed by atoms with Gasteiger partial charge >= 0.3 is 0 Å². The third-order valence-electron chi connectivity index (χ3n) is 3.02. The van der Waals surface area contributed by atoms with E-state index in [1.807, 2.05) is 18.2 Å². The summed E-state index contributed by atoms with van der Waals surface area (Å²) in [5.41, 5.74) is 7.49. The van der Waals surface area contributed by atoms with Crippen molar-refractivity contribution in [3.05, 3.63) is 28.2 Å². The number of nitrogens with one attached hydrogen (secondary N) is 1. The molecule has 0 saturated carbocycles. The fraction of sp³-hybridized carbons (Fsp3) is 0.462. The molecule has 4 heteroatoms. The molecule has 0 amide bonds. The maximum absolute atomic E-state index is 7.67. The minimum atomic E-state index is 0.114. The molecule has 0 bridgehead atoms. The Bertz CT molecular complexity index is 404. The first-order valence-corrected chi connectivity index (χ1v) is 6.71. The topological polar surface area (TPSA) is 53.1 Å². The zero-order valence-corrected chi connectivity index (χ0v) is 12.2. The third-order valence-corrected chi connectivity index (χ3v) is 3.52. The van der Waals surface area contributed by atoms with Gasteiger partial charge in [-0.1, -0.05) is 22.9 Å². The van der Waals surface area contributed by atoms with Crippen molar-refractivity contribution in [2.45, 2.75) is 33.2 Å². The van der Waals surface area contributed by atoms with E-state index >= 15 is 0 Å². The summed E-state index contributed by atoms with van der Waals surface area (Å²) in [6, 6.07) is 6.37. The van der Waals surface area contributed by atoms with Gasteiger partial charge in [-0.2, -0.15) is 0 Å². The van der Waals surface area contributed by atoms with Gasteiger partial charge in [-0.25, -0.2) is 0 Å². The molecule has 0 fully saturated rings. The Morgan fingerprint density at radius 3 is 2.59 bits per heavy atom. The highest BCUT2D eigenvalue weighted by Gasteiger charge is 2.16. The third kappa shape index (κ3) is 3.22. The van der Waals surface area contributed by atoms with E-state index in [-0.39, 0.29) is 5.84 Å². The molecule has 0 heterocycles. The summed E-state index contributed by atoms with van der Waals surface area (Å²) < 4.78 is 0.951. The summed E-state index contributed by atoms with van der Waals surface area (Å²) in [4.78, 5) is 2.28. The monoisotopic (exact) mass is 297 g/mol. The number of nitrogens with zero attached hydrogens (tertiary/aromatic N) is 1. The van der Waals surface area contributed by atoms with Crippen molar-refractivity contribution in [2.75, 3.05) is 11.4 Å². The lowest BCUT2D eigenvalue weighted by molar-refractivity contribution is 0.629. The smallest absolute Gasteiger partial charge is 0.124 e. The first kappa shape index (κ1) is 14.0. The van der Waals surface area contributed by atoms with E-state index in [4.69, 9.17) is 11.1 Å². The molecule has 1 aromatic carbocycles. The van der Waals surface area contributed by atoms with Gasteiger partial charge in [-0.15, -0.1) is 0 Å². The van der Waals surface area contributed by atoms with E-state index in [0.29, 0.717) is 6.04 Å². The van der Waals surface area contributed by atoms with Crippen molar-refractivity contribution in [1.29, 1.82) is 5.41 Å². The number of nitrogens with two attached hydrogens (primary N) is 1. The second-order valence-electron chi connectivity index (χ2n) is 4.12. The first-order chi connectivity index (χ1) is 8.01. The Labute approximate surface area is 112 Å². The van der Waals surface area contributed by atoms with Crippen LogP contribution < -0.4 is 10.6 Å². The van der Waals surface area contributed by atoms with Crippen LogP contribution in [0.4, 0.5) is 5.69 Å². The van der Waals surface area contributed by atoms with Gasteiger partial charge in [0.1, 0.15) is 5.84 Å². The molecule has 1 rings (SSSR count). The zero-order chi connectivity index (χ0) is 13.0. The van der Waals surface area contributed by atoms with Crippen molar-refractivity contribution in [3.8, 4) is 0 Å². The van der Waals surface area contributed by atoms with E-state index in [1.54, 1.807) is 0 Å². The normalized spacial score (nSPS) is 12.2. The van der Waals surface area contributed by atoms with Crippen LogP contribution in [0.5, 0.6) is 0 Å². The molecular formula is C13H20BrN3. The Hall–Kier alpha value is -1.03. The highest BCUT2D eigenvalue weighted by atomic mass is 79.9. The maximum atomic E-state index is 7.67. The van der Waals surface area contributed by atoms with E-state index in [1.165, 1.54) is 0 Å². The molecule has 3 nitrogen and oxygen atoms in total. The standard InChI is InChI=1S/C13H20BrN3/c1-4-9(3)17(5-2)12-7-6-10(14)8-11(12)13(15)16/h6-9H,4-5H2,1-3H3,(H3,15,16). The number of hydrogen-bond donors (Lipinski definition) is 2. The quantitative estimate of drug-likeness (QED) is 0.647. The largest absolute Gasteiger partial charge is 0.384 e. The van der Waals surface area contributed by atoms with Gasteiger partial charge in [0, 0.05) is 28.3 Å². The summed E-state index contributed by atoms with van der Waals surface area (Å²) in [5, 5.41) is 7.67. The number of amidine groups is 1. The van der Waals surface area contributed by atoms with Crippen LogP contribution in [0.15, 0.2) is 22.7 Å². The van der Waals surface area contributed by atoms with Crippen molar-refractivity contribution in [2.24, 2.45) is 5.73 Å². The number of halogens is 1. The van der Waals surface area contributed by atoms with E-state index < -0.39 is 0 Å². The van der Waals surface area contributed by atoms with Gasteiger partial charge < -0.3 is 10.6 Å². The highest BCUT2D eigenvalue weighted by Crippen LogP contribution is 2.26. The summed E-state index contributed by atoms with van der Waals surface area (Å²) in [7, 11) is 0. The molecule has 0 spiro atoms. The van der Waals surface area contributed by atoms with E-state index in [2.05, 4.69) is 41.6 Å². The molecule has 17 heavy (non-hydrogen) atoms. The maximum Gasteiger partial charge on any atom is 0.124 e. The predicted octanol–water partition coefficient (Wildman–Crippen LogP) is 3.36. The van der Waals surface area contributed by atoms with Gasteiger partial charge in [0.15, 0.2) is 0 Å². The van der Waals surface area contributed by atoms with Gasteiger partial charge in [-0.3, -0.25) is 5.41 Å². The Balaban J connectivity index is 3.23. The van der Waals surface area contributed by atoms with Crippen molar-refractivity contribution < 1.29 is 0 Å². The molecule has 0 saturated heterocycles. The lowest BCUT2D eigenvalue weighted by Crippen LogP contribution is -2.34. The first-order valence-electron chi connectivity index (χ1n) is 5.91. The molecule has 94 valence electrons. The average Bonchev–Trinajstić information content (AvgIpc) is 2.31. The number of rotatable bonds is 5. The van der Waals surface area contributed by atoms with Crippen LogP contribution in [0.1, 0.15) is 32.8 Å². The summed E-state index contributed by atoms with van der Waals surface area (Å²) >= 11 is 3.42. The molecule has 0 aliphatic heterocycles. The SMILES string of the molecule is CCC(C)N(CC)c1ccc(Br)cc1C(=N)N. The van der Waals surface area contributed by atoms with Gasteiger partial charge in [0.2, 0.25) is 0 Å². The van der Waals surface area contributed by atoms with Crippen molar-refractivity contribution in [1.82, 2.24) is 0 Å². The lowest BCUT2D eigenvalue weighted by atomic mass is 10.1. The van der Waals surface area contributed by atoms with Crippen molar-refractivity contribution in [3.63, 3.8) is 0 Å². The van der Waals surface area contributed by atoms with Crippen LogP contribution in [0, 0.1) is 5.41 Å². The second kappa shape index (κ2) is 6.05. The number of benzene rings is 1. The van der Waals surface area contributed by atoms with Crippen LogP contribution >= 0.6 is 15.9 Å². The highest BCUT2D eigenvalue weighted by molar-refractivity contribution is 9.10. The Kier molecular flexibility index (Phi) is 5.00. The molecule has 0 aliphatic carbocycles. The average molecular weight is 298 g/mol. The fourth-order valence-corrected chi connectivity index (χ4v) is 2.28. The molecular weight excluding hydrogens is 278 g/mol. The van der Waals surface area contributed by atoms with Gasteiger partial charge in [0.05, 0.1) is 0 Å². The Morgan fingerprint density at radius 1 is 1.47 bits per heavy atom. The van der Waals surface area contributed by atoms with Crippen LogP contribution in [-0.4, -0.2) is 18.4 Å². The summed E-state index contributed by atoms with van der Waals surface area (Å²) in [6.45, 7) is 7.39. The Morgan fingerprint density at radius 2 is 2.12 bits per heavy atom. The summed E-state index contributed by atoms with van der Waals surface area (Å²) in [6.07, 6.45) is 1.07.